The first-order valence-corrected chi connectivity index (χ1v) is 10.3. The van der Waals surface area contributed by atoms with Gasteiger partial charge in [0.25, 0.3) is 5.91 Å². The molecule has 1 aliphatic carbocycles. The van der Waals surface area contributed by atoms with Crippen LogP contribution in [0.5, 0.6) is 0 Å². The van der Waals surface area contributed by atoms with Gasteiger partial charge in [0.2, 0.25) is 0 Å². The van der Waals surface area contributed by atoms with Gasteiger partial charge in [-0.2, -0.15) is 0 Å². The number of hydrogen-bond donors (Lipinski definition) is 2. The van der Waals surface area contributed by atoms with E-state index in [-0.39, 0.29) is 39.6 Å². The fraction of sp³-hybridized carbons (Fsp3) is 0.348. The number of primary amides is 1. The van der Waals surface area contributed by atoms with Crippen molar-refractivity contribution < 1.29 is 9.18 Å². The zero-order valence-electron chi connectivity index (χ0n) is 16.8. The lowest BCUT2D eigenvalue weighted by atomic mass is 9.64. The number of carbonyl (C=O) groups excluding carboxylic acids is 1. The van der Waals surface area contributed by atoms with Gasteiger partial charge >= 0.3 is 0 Å². The van der Waals surface area contributed by atoms with Gasteiger partial charge < -0.3 is 10.7 Å². The maximum absolute atomic E-state index is 13.6. The van der Waals surface area contributed by atoms with Crippen LogP contribution in [-0.4, -0.2) is 15.9 Å². The fourth-order valence-electron chi connectivity index (χ4n) is 4.70. The number of pyridine rings is 2. The minimum atomic E-state index is -0.742. The molecule has 2 heterocycles. The van der Waals surface area contributed by atoms with E-state index in [2.05, 4.69) is 23.8 Å². The zero-order valence-corrected chi connectivity index (χ0v) is 17.6. The Morgan fingerprint density at radius 2 is 2.03 bits per heavy atom. The highest BCUT2D eigenvalue weighted by Gasteiger charge is 2.38. The van der Waals surface area contributed by atoms with E-state index in [9.17, 15) is 14.0 Å². The number of benzene rings is 1. The highest BCUT2D eigenvalue weighted by molar-refractivity contribution is 6.31. The van der Waals surface area contributed by atoms with Crippen LogP contribution in [0.4, 0.5) is 4.39 Å². The van der Waals surface area contributed by atoms with Crippen LogP contribution in [0.3, 0.4) is 0 Å². The van der Waals surface area contributed by atoms with E-state index in [0.29, 0.717) is 10.5 Å². The van der Waals surface area contributed by atoms with Crippen LogP contribution >= 0.6 is 11.6 Å². The van der Waals surface area contributed by atoms with Gasteiger partial charge in [-0.15, -0.1) is 0 Å². The molecule has 0 radical (unpaired) electrons. The molecule has 1 saturated carbocycles. The first kappa shape index (κ1) is 20.5. The minimum Gasteiger partial charge on any atom is -0.364 e. The van der Waals surface area contributed by atoms with Crippen LogP contribution in [0.25, 0.3) is 10.9 Å². The summed E-state index contributed by atoms with van der Waals surface area (Å²) < 4.78 is 13.6. The second-order valence-corrected chi connectivity index (χ2v) is 9.23. The second-order valence-electron chi connectivity index (χ2n) is 8.82. The Morgan fingerprint density at radius 3 is 2.73 bits per heavy atom. The molecule has 0 saturated heterocycles. The smallest absolute Gasteiger partial charge is 0.268 e. The normalized spacial score (nSPS) is 20.9. The number of aromatic amines is 1. The summed E-state index contributed by atoms with van der Waals surface area (Å²) in [6.45, 7) is 4.41. The molecule has 2 unspecified atom stereocenters. The number of aromatic nitrogens is 2. The molecule has 1 aliphatic rings. The molecule has 5 nitrogen and oxygen atoms in total. The summed E-state index contributed by atoms with van der Waals surface area (Å²) in [6.07, 6.45) is 4.16. The van der Waals surface area contributed by atoms with Crippen LogP contribution in [0.15, 0.2) is 41.3 Å². The van der Waals surface area contributed by atoms with Crippen LogP contribution in [0.2, 0.25) is 5.02 Å². The Bertz CT molecular complexity index is 1200. The summed E-state index contributed by atoms with van der Waals surface area (Å²) in [7, 11) is 0. The molecule has 0 bridgehead atoms. The minimum absolute atomic E-state index is 0.0148. The molecule has 2 aromatic heterocycles. The van der Waals surface area contributed by atoms with Crippen molar-refractivity contribution >= 4 is 28.4 Å². The molecule has 0 aliphatic heterocycles. The molecule has 3 N–H and O–H groups in total. The molecule has 30 heavy (non-hydrogen) atoms. The third kappa shape index (κ3) is 3.72. The van der Waals surface area contributed by atoms with Crippen molar-refractivity contribution in [2.24, 2.45) is 11.1 Å². The lowest BCUT2D eigenvalue weighted by Crippen LogP contribution is -2.29. The molecule has 3 aromatic rings. The Morgan fingerprint density at radius 1 is 1.27 bits per heavy atom. The number of halogens is 2. The summed E-state index contributed by atoms with van der Waals surface area (Å²) in [5, 5.41) is 0.591. The molecule has 7 heteroatoms. The third-order valence-electron chi connectivity index (χ3n) is 6.15. The van der Waals surface area contributed by atoms with E-state index in [1.165, 1.54) is 24.4 Å². The largest absolute Gasteiger partial charge is 0.364 e. The molecule has 156 valence electrons. The van der Waals surface area contributed by atoms with Gasteiger partial charge in [0.15, 0.2) is 5.43 Å². The van der Waals surface area contributed by atoms with Gasteiger partial charge in [0.1, 0.15) is 11.5 Å². The number of fused-ring (bicyclic) bond motifs is 1. The summed E-state index contributed by atoms with van der Waals surface area (Å²) in [6, 6.07) is 7.70. The van der Waals surface area contributed by atoms with E-state index < -0.39 is 5.91 Å². The van der Waals surface area contributed by atoms with Crippen LogP contribution in [0.1, 0.15) is 66.7 Å². The molecule has 2 atom stereocenters. The average Bonchev–Trinajstić information content (AvgIpc) is 2.67. The lowest BCUT2D eigenvalue weighted by molar-refractivity contribution is 0.0997. The zero-order chi connectivity index (χ0) is 21.6. The predicted molar refractivity (Wildman–Crippen MR) is 115 cm³/mol. The maximum atomic E-state index is 13.6. The first-order valence-electron chi connectivity index (χ1n) is 9.93. The fourth-order valence-corrected chi connectivity index (χ4v) is 5.00. The van der Waals surface area contributed by atoms with Gasteiger partial charge in [-0.25, -0.2) is 4.39 Å². The van der Waals surface area contributed by atoms with Gasteiger partial charge in [-0.05, 0) is 54.4 Å². The summed E-state index contributed by atoms with van der Waals surface area (Å²) in [4.78, 5) is 31.9. The Hall–Kier alpha value is -2.73. The van der Waals surface area contributed by atoms with Crippen molar-refractivity contribution in [3.8, 4) is 0 Å². The van der Waals surface area contributed by atoms with Crippen LogP contribution in [-0.2, 0) is 0 Å². The van der Waals surface area contributed by atoms with E-state index in [0.717, 1.165) is 30.5 Å². The molecular weight excluding hydrogens is 405 g/mol. The molecule has 1 aromatic carbocycles. The maximum Gasteiger partial charge on any atom is 0.268 e. The number of hydrogen-bond acceptors (Lipinski definition) is 3. The number of carbonyl (C=O) groups is 1. The second kappa shape index (κ2) is 7.51. The molecule has 4 rings (SSSR count). The quantitative estimate of drug-likeness (QED) is 0.623. The highest BCUT2D eigenvalue weighted by atomic mass is 35.5. The number of nitrogens with zero attached hydrogens (tertiary/aromatic N) is 1. The molecule has 1 fully saturated rings. The number of amides is 1. The Kier molecular flexibility index (Phi) is 5.14. The van der Waals surface area contributed by atoms with E-state index in [1.54, 1.807) is 12.1 Å². The molecular formula is C23H23ClFN3O2. The number of nitrogens with two attached hydrogens (primary N) is 1. The summed E-state index contributed by atoms with van der Waals surface area (Å²) in [5.74, 6) is -1.09. The highest BCUT2D eigenvalue weighted by Crippen LogP contribution is 2.51. The summed E-state index contributed by atoms with van der Waals surface area (Å²) in [5.41, 5.74) is 7.31. The average molecular weight is 428 g/mol. The van der Waals surface area contributed by atoms with E-state index in [4.69, 9.17) is 17.3 Å². The standard InChI is InChI=1S/C23H23ClFN3O2/c1-23(2)7-5-13(14-4-3-12(25)9-16(14)24)15(11-23)18-10-19(29)20-17(28-18)6-8-27-21(20)22(26)30/h3-4,6,8-10,13,15H,5,7,11H2,1-2H3,(H2,26,30)(H,28,29). The van der Waals surface area contributed by atoms with Gasteiger partial charge in [-0.1, -0.05) is 31.5 Å². The van der Waals surface area contributed by atoms with Crippen LogP contribution < -0.4 is 11.2 Å². The molecule has 1 amide bonds. The van der Waals surface area contributed by atoms with Crippen molar-refractivity contribution in [1.82, 2.24) is 9.97 Å². The lowest BCUT2D eigenvalue weighted by Gasteiger charge is -2.41. The van der Waals surface area contributed by atoms with Crippen molar-refractivity contribution in [1.29, 1.82) is 0 Å². The van der Waals surface area contributed by atoms with Crippen molar-refractivity contribution in [3.05, 3.63) is 74.5 Å². The Balaban J connectivity index is 1.87. The van der Waals surface area contributed by atoms with E-state index >= 15 is 0 Å². The van der Waals surface area contributed by atoms with E-state index in [1.807, 2.05) is 0 Å². The third-order valence-corrected chi connectivity index (χ3v) is 6.48. The topological polar surface area (TPSA) is 88.8 Å². The summed E-state index contributed by atoms with van der Waals surface area (Å²) >= 11 is 6.40. The van der Waals surface area contributed by atoms with Crippen molar-refractivity contribution in [2.75, 3.05) is 0 Å². The van der Waals surface area contributed by atoms with Crippen molar-refractivity contribution in [3.63, 3.8) is 0 Å². The van der Waals surface area contributed by atoms with Gasteiger partial charge in [0, 0.05) is 28.9 Å². The van der Waals surface area contributed by atoms with Gasteiger partial charge in [-0.3, -0.25) is 14.6 Å². The number of rotatable bonds is 3. The van der Waals surface area contributed by atoms with Crippen LogP contribution in [0, 0.1) is 11.2 Å². The monoisotopic (exact) mass is 427 g/mol. The molecule has 0 spiro atoms. The number of H-pyrrole nitrogens is 1. The predicted octanol–water partition coefficient (Wildman–Crippen LogP) is 4.89. The van der Waals surface area contributed by atoms with Gasteiger partial charge in [0.05, 0.1) is 10.9 Å². The SMILES string of the molecule is CC1(C)CCC(c2ccc(F)cc2Cl)C(c2cc(=O)c3c(C(N)=O)nccc3[nH]2)C1. The first-order chi connectivity index (χ1) is 14.2. The van der Waals surface area contributed by atoms with Crippen molar-refractivity contribution in [2.45, 2.75) is 44.9 Å². The Labute approximate surface area is 178 Å². The number of nitrogens with one attached hydrogen (secondary N) is 1.